The van der Waals surface area contributed by atoms with Gasteiger partial charge in [-0.3, -0.25) is 13.9 Å². The first kappa shape index (κ1) is 20.8. The fourth-order valence-corrected chi connectivity index (χ4v) is 6.22. The second-order valence-corrected chi connectivity index (χ2v) is 10.2. The number of carbonyl (C=O) groups is 1. The highest BCUT2D eigenvalue weighted by Crippen LogP contribution is 2.19. The molecule has 3 heterocycles. The van der Waals surface area contributed by atoms with Crippen molar-refractivity contribution >= 4 is 38.3 Å². The van der Waals surface area contributed by atoms with Crippen molar-refractivity contribution in [2.45, 2.75) is 43.1 Å². The molecular weight excluding hydrogens is 424 g/mol. The SMILES string of the molecule is CCn1c(=O)n(CC(=O)N2CCC(NS(=O)(=O)c3cccs3)CC2)c2ccccc21. The number of rotatable bonds is 6. The minimum Gasteiger partial charge on any atom is -0.341 e. The lowest BCUT2D eigenvalue weighted by Gasteiger charge is -2.32. The molecule has 0 aliphatic carbocycles. The van der Waals surface area contributed by atoms with Crippen molar-refractivity contribution in [3.63, 3.8) is 0 Å². The van der Waals surface area contributed by atoms with Gasteiger partial charge in [-0.05, 0) is 43.3 Å². The molecule has 2 aromatic heterocycles. The lowest BCUT2D eigenvalue weighted by Crippen LogP contribution is -2.47. The molecular formula is C20H24N4O4S2. The highest BCUT2D eigenvalue weighted by Gasteiger charge is 2.27. The molecule has 0 spiro atoms. The number of likely N-dealkylation sites (tertiary alicyclic amines) is 1. The molecule has 1 saturated heterocycles. The standard InChI is InChI=1S/C20H24N4O4S2/c1-2-23-16-6-3-4-7-17(16)24(20(23)26)14-18(25)22-11-9-15(10-12-22)21-30(27,28)19-8-5-13-29-19/h3-8,13,15,21H,2,9-12,14H2,1H3. The van der Waals surface area contributed by atoms with Crippen LogP contribution in [0.5, 0.6) is 0 Å². The van der Waals surface area contributed by atoms with Gasteiger partial charge in [0.25, 0.3) is 0 Å². The second-order valence-electron chi connectivity index (χ2n) is 7.31. The molecule has 4 rings (SSSR count). The molecule has 0 atom stereocenters. The zero-order valence-corrected chi connectivity index (χ0v) is 18.3. The van der Waals surface area contributed by atoms with Crippen molar-refractivity contribution in [3.05, 3.63) is 52.3 Å². The second kappa shape index (κ2) is 8.37. The number of imidazole rings is 1. The number of thiophene rings is 1. The first-order chi connectivity index (χ1) is 14.4. The lowest BCUT2D eigenvalue weighted by molar-refractivity contribution is -0.132. The van der Waals surface area contributed by atoms with Gasteiger partial charge < -0.3 is 4.90 Å². The Labute approximate surface area is 178 Å². The molecule has 0 saturated carbocycles. The predicted molar refractivity (Wildman–Crippen MR) is 116 cm³/mol. The molecule has 1 aliphatic rings. The van der Waals surface area contributed by atoms with E-state index in [2.05, 4.69) is 4.72 Å². The van der Waals surface area contributed by atoms with Gasteiger partial charge in [-0.25, -0.2) is 17.9 Å². The van der Waals surface area contributed by atoms with Crippen LogP contribution in [-0.4, -0.2) is 47.5 Å². The minimum atomic E-state index is -3.52. The molecule has 1 aromatic carbocycles. The number of nitrogens with one attached hydrogen (secondary N) is 1. The van der Waals surface area contributed by atoms with Crippen LogP contribution in [0.25, 0.3) is 11.0 Å². The zero-order chi connectivity index (χ0) is 21.3. The van der Waals surface area contributed by atoms with Crippen molar-refractivity contribution < 1.29 is 13.2 Å². The van der Waals surface area contributed by atoms with Crippen molar-refractivity contribution in [2.24, 2.45) is 0 Å². The Bertz CT molecular complexity index is 1200. The molecule has 0 bridgehead atoms. The van der Waals surface area contributed by atoms with Gasteiger partial charge in [-0.15, -0.1) is 11.3 Å². The van der Waals surface area contributed by atoms with E-state index in [4.69, 9.17) is 0 Å². The van der Waals surface area contributed by atoms with Gasteiger partial charge in [0.2, 0.25) is 15.9 Å². The van der Waals surface area contributed by atoms with Crippen LogP contribution in [0.1, 0.15) is 19.8 Å². The van der Waals surface area contributed by atoms with Gasteiger partial charge in [0.15, 0.2) is 0 Å². The number of fused-ring (bicyclic) bond motifs is 1. The van der Waals surface area contributed by atoms with E-state index >= 15 is 0 Å². The normalized spacial score (nSPS) is 15.7. The summed E-state index contributed by atoms with van der Waals surface area (Å²) in [5.74, 6) is -0.129. The maximum absolute atomic E-state index is 12.9. The first-order valence-electron chi connectivity index (χ1n) is 9.92. The number of piperidine rings is 1. The van der Waals surface area contributed by atoms with Gasteiger partial charge in [0, 0.05) is 25.7 Å². The van der Waals surface area contributed by atoms with Crippen molar-refractivity contribution in [1.82, 2.24) is 18.8 Å². The number of aromatic nitrogens is 2. The Morgan fingerprint density at radius 1 is 1.10 bits per heavy atom. The van der Waals surface area contributed by atoms with E-state index < -0.39 is 10.0 Å². The molecule has 1 aliphatic heterocycles. The predicted octanol–water partition coefficient (Wildman–Crippen LogP) is 1.85. The first-order valence-corrected chi connectivity index (χ1v) is 12.3. The molecule has 1 amide bonds. The quantitative estimate of drug-likeness (QED) is 0.623. The summed E-state index contributed by atoms with van der Waals surface area (Å²) in [6, 6.07) is 10.5. The average molecular weight is 449 g/mol. The number of nitrogens with zero attached hydrogens (tertiary/aromatic N) is 3. The molecule has 8 nitrogen and oxygen atoms in total. The van der Waals surface area contributed by atoms with Gasteiger partial charge in [0.05, 0.1) is 11.0 Å². The molecule has 160 valence electrons. The van der Waals surface area contributed by atoms with Crippen LogP contribution in [0.3, 0.4) is 0 Å². The van der Waals surface area contributed by atoms with Crippen molar-refractivity contribution in [1.29, 1.82) is 0 Å². The van der Waals surface area contributed by atoms with Crippen LogP contribution in [0.15, 0.2) is 50.8 Å². The van der Waals surface area contributed by atoms with Crippen LogP contribution in [0.2, 0.25) is 0 Å². The summed E-state index contributed by atoms with van der Waals surface area (Å²) < 4.78 is 31.0. The Hall–Kier alpha value is -2.43. The van der Waals surface area contributed by atoms with E-state index in [1.54, 1.807) is 27.0 Å². The number of hydrogen-bond acceptors (Lipinski definition) is 5. The summed E-state index contributed by atoms with van der Waals surface area (Å²) in [5.41, 5.74) is 1.38. The van der Waals surface area contributed by atoms with Crippen LogP contribution in [-0.2, 0) is 27.9 Å². The van der Waals surface area contributed by atoms with Crippen LogP contribution >= 0.6 is 11.3 Å². The van der Waals surface area contributed by atoms with E-state index in [0.717, 1.165) is 11.0 Å². The number of hydrogen-bond donors (Lipinski definition) is 1. The highest BCUT2D eigenvalue weighted by molar-refractivity contribution is 7.91. The number of carbonyl (C=O) groups excluding carboxylic acids is 1. The van der Waals surface area contributed by atoms with Crippen LogP contribution in [0, 0.1) is 0 Å². The summed E-state index contributed by atoms with van der Waals surface area (Å²) in [7, 11) is -3.52. The molecule has 1 fully saturated rings. The maximum atomic E-state index is 12.9. The molecule has 1 N–H and O–H groups in total. The molecule has 0 unspecified atom stereocenters. The number of amides is 1. The number of para-hydroxylation sites is 2. The van der Waals surface area contributed by atoms with Crippen LogP contribution in [0.4, 0.5) is 0 Å². The van der Waals surface area contributed by atoms with Gasteiger partial charge >= 0.3 is 5.69 Å². The highest BCUT2D eigenvalue weighted by atomic mass is 32.2. The Morgan fingerprint density at radius 2 is 1.77 bits per heavy atom. The van der Waals surface area contributed by atoms with E-state index in [1.807, 2.05) is 31.2 Å². The molecule has 0 radical (unpaired) electrons. The van der Waals surface area contributed by atoms with E-state index in [-0.39, 0.29) is 24.2 Å². The number of aryl methyl sites for hydroxylation is 1. The Morgan fingerprint density at radius 3 is 2.37 bits per heavy atom. The Balaban J connectivity index is 1.42. The number of sulfonamides is 1. The summed E-state index contributed by atoms with van der Waals surface area (Å²) in [4.78, 5) is 27.3. The molecule has 10 heteroatoms. The lowest BCUT2D eigenvalue weighted by atomic mass is 10.1. The third-order valence-electron chi connectivity index (χ3n) is 5.46. The number of benzene rings is 1. The molecule has 3 aromatic rings. The van der Waals surface area contributed by atoms with Crippen molar-refractivity contribution in [2.75, 3.05) is 13.1 Å². The summed E-state index contributed by atoms with van der Waals surface area (Å²) in [5, 5.41) is 1.73. The molecule has 30 heavy (non-hydrogen) atoms. The van der Waals surface area contributed by atoms with E-state index in [1.165, 1.54) is 15.9 Å². The summed E-state index contributed by atoms with van der Waals surface area (Å²) in [6.07, 6.45) is 1.09. The largest absolute Gasteiger partial charge is 0.341 e. The Kier molecular flexibility index (Phi) is 5.81. The van der Waals surface area contributed by atoms with Crippen LogP contribution < -0.4 is 10.4 Å². The fourth-order valence-electron chi connectivity index (χ4n) is 3.91. The van der Waals surface area contributed by atoms with Crippen molar-refractivity contribution in [3.8, 4) is 0 Å². The third kappa shape index (κ3) is 3.94. The van der Waals surface area contributed by atoms with Gasteiger partial charge in [-0.1, -0.05) is 18.2 Å². The van der Waals surface area contributed by atoms with Gasteiger partial charge in [0.1, 0.15) is 10.8 Å². The van der Waals surface area contributed by atoms with E-state index in [0.29, 0.717) is 36.7 Å². The van der Waals surface area contributed by atoms with E-state index in [9.17, 15) is 18.0 Å². The fraction of sp³-hybridized carbons (Fsp3) is 0.400. The minimum absolute atomic E-state index is 0.0159. The summed E-state index contributed by atoms with van der Waals surface area (Å²) >= 11 is 1.18. The van der Waals surface area contributed by atoms with Gasteiger partial charge in [-0.2, -0.15) is 0 Å². The zero-order valence-electron chi connectivity index (χ0n) is 16.7. The third-order valence-corrected chi connectivity index (χ3v) is 8.38. The smallest absolute Gasteiger partial charge is 0.329 e. The monoisotopic (exact) mass is 448 g/mol. The summed E-state index contributed by atoms with van der Waals surface area (Å²) in [6.45, 7) is 3.34. The topological polar surface area (TPSA) is 93.4 Å². The average Bonchev–Trinajstić information content (AvgIpc) is 3.36. The maximum Gasteiger partial charge on any atom is 0.329 e.